The van der Waals surface area contributed by atoms with Crippen molar-refractivity contribution in [1.82, 2.24) is 0 Å². The van der Waals surface area contributed by atoms with Crippen LogP contribution in [-0.2, 0) is 10.0 Å². The SMILES string of the molecule is O=S(=O)(c1cc(Cl)ccc1Cl)N(Cl)c1ccccc1. The van der Waals surface area contributed by atoms with Crippen LogP contribution >= 0.6 is 35.0 Å². The maximum Gasteiger partial charge on any atom is 0.279 e. The van der Waals surface area contributed by atoms with E-state index in [9.17, 15) is 8.42 Å². The van der Waals surface area contributed by atoms with Gasteiger partial charge in [-0.25, -0.2) is 0 Å². The summed E-state index contributed by atoms with van der Waals surface area (Å²) < 4.78 is 25.4. The smallest absolute Gasteiger partial charge is 0.200 e. The molecule has 7 heteroatoms. The van der Waals surface area contributed by atoms with Crippen LogP contribution in [0.3, 0.4) is 0 Å². The van der Waals surface area contributed by atoms with Crippen molar-refractivity contribution in [2.24, 2.45) is 0 Å². The summed E-state index contributed by atoms with van der Waals surface area (Å²) in [5.41, 5.74) is 0.320. The summed E-state index contributed by atoms with van der Waals surface area (Å²) in [6, 6.07) is 12.4. The van der Waals surface area contributed by atoms with Gasteiger partial charge in [0, 0.05) is 16.8 Å². The maximum atomic E-state index is 12.4. The molecule has 0 amide bonds. The van der Waals surface area contributed by atoms with Crippen molar-refractivity contribution in [2.45, 2.75) is 4.90 Å². The van der Waals surface area contributed by atoms with E-state index >= 15 is 0 Å². The van der Waals surface area contributed by atoms with Gasteiger partial charge in [0.1, 0.15) is 4.90 Å². The van der Waals surface area contributed by atoms with Crippen LogP contribution in [0, 0.1) is 0 Å². The molecule has 0 aliphatic rings. The van der Waals surface area contributed by atoms with Crippen LogP contribution in [0.15, 0.2) is 53.4 Å². The first-order chi connectivity index (χ1) is 8.93. The third-order valence-electron chi connectivity index (χ3n) is 2.34. The first kappa shape index (κ1) is 14.5. The molecular formula is C12H8Cl3NO2S. The normalized spacial score (nSPS) is 11.3. The predicted molar refractivity (Wildman–Crippen MR) is 78.4 cm³/mol. The summed E-state index contributed by atoms with van der Waals surface area (Å²) in [6.45, 7) is 0. The van der Waals surface area contributed by atoms with Gasteiger partial charge in [0.05, 0.1) is 10.7 Å². The molecule has 100 valence electrons. The Labute approximate surface area is 126 Å². The summed E-state index contributed by atoms with van der Waals surface area (Å²) in [5, 5.41) is 0.326. The van der Waals surface area contributed by atoms with Crippen molar-refractivity contribution < 1.29 is 8.42 Å². The lowest BCUT2D eigenvalue weighted by molar-refractivity contribution is 0.598. The minimum absolute atomic E-state index is 0.0611. The molecule has 0 heterocycles. The third-order valence-corrected chi connectivity index (χ3v) is 5.28. The molecular weight excluding hydrogens is 329 g/mol. The topological polar surface area (TPSA) is 37.4 Å². The van der Waals surface area contributed by atoms with Crippen molar-refractivity contribution in [3.8, 4) is 0 Å². The van der Waals surface area contributed by atoms with Gasteiger partial charge in [0.25, 0.3) is 10.0 Å². The Morgan fingerprint density at radius 3 is 2.21 bits per heavy atom. The van der Waals surface area contributed by atoms with Gasteiger partial charge >= 0.3 is 0 Å². The van der Waals surface area contributed by atoms with Crippen molar-refractivity contribution in [3.63, 3.8) is 0 Å². The molecule has 0 fully saturated rings. The van der Waals surface area contributed by atoms with Crippen molar-refractivity contribution in [2.75, 3.05) is 3.82 Å². The molecule has 0 N–H and O–H groups in total. The molecule has 0 aliphatic carbocycles. The van der Waals surface area contributed by atoms with Gasteiger partial charge in [-0.05, 0) is 30.3 Å². The summed E-state index contributed by atoms with van der Waals surface area (Å²) >= 11 is 17.6. The molecule has 3 nitrogen and oxygen atoms in total. The van der Waals surface area contributed by atoms with Crippen LogP contribution in [0.4, 0.5) is 5.69 Å². The summed E-state index contributed by atoms with van der Waals surface area (Å²) in [6.07, 6.45) is 0. The number of hydrogen-bond donors (Lipinski definition) is 0. The minimum atomic E-state index is -3.96. The molecule has 2 aromatic carbocycles. The van der Waals surface area contributed by atoms with E-state index in [-0.39, 0.29) is 14.9 Å². The molecule has 0 saturated heterocycles. The second kappa shape index (κ2) is 5.59. The average Bonchev–Trinajstić information content (AvgIpc) is 2.41. The van der Waals surface area contributed by atoms with Crippen LogP contribution in [-0.4, -0.2) is 8.42 Å². The van der Waals surface area contributed by atoms with Crippen LogP contribution in [0.1, 0.15) is 0 Å². The molecule has 0 saturated carbocycles. The highest BCUT2D eigenvalue weighted by Crippen LogP contribution is 2.31. The molecule has 0 aromatic heterocycles. The van der Waals surface area contributed by atoms with Crippen molar-refractivity contribution in [1.29, 1.82) is 0 Å². The highest BCUT2D eigenvalue weighted by atomic mass is 35.5. The Morgan fingerprint density at radius 1 is 0.947 bits per heavy atom. The first-order valence-corrected chi connectivity index (χ1v) is 7.67. The fourth-order valence-electron chi connectivity index (χ4n) is 1.45. The largest absolute Gasteiger partial charge is 0.279 e. The lowest BCUT2D eigenvalue weighted by Crippen LogP contribution is -2.21. The van der Waals surface area contributed by atoms with E-state index in [4.69, 9.17) is 35.0 Å². The standard InChI is InChI=1S/C12H8Cl3NO2S/c13-9-6-7-11(14)12(8-9)19(17,18)16(15)10-4-2-1-3-5-10/h1-8H. The van der Waals surface area contributed by atoms with Crippen LogP contribution in [0.25, 0.3) is 0 Å². The lowest BCUT2D eigenvalue weighted by Gasteiger charge is -2.17. The Balaban J connectivity index is 2.51. The van der Waals surface area contributed by atoms with Crippen molar-refractivity contribution >= 4 is 50.7 Å². The van der Waals surface area contributed by atoms with E-state index in [2.05, 4.69) is 0 Å². The highest BCUT2D eigenvalue weighted by Gasteiger charge is 2.26. The van der Waals surface area contributed by atoms with Gasteiger partial charge in [-0.3, -0.25) is 0 Å². The van der Waals surface area contributed by atoms with Gasteiger partial charge < -0.3 is 0 Å². The van der Waals surface area contributed by atoms with E-state index in [1.165, 1.54) is 18.2 Å². The summed E-state index contributed by atoms with van der Waals surface area (Å²) in [4.78, 5) is -0.138. The molecule has 0 radical (unpaired) electrons. The molecule has 0 spiro atoms. The summed E-state index contributed by atoms with van der Waals surface area (Å²) in [7, 11) is -3.96. The van der Waals surface area contributed by atoms with E-state index < -0.39 is 10.0 Å². The van der Waals surface area contributed by atoms with E-state index in [0.717, 1.165) is 0 Å². The van der Waals surface area contributed by atoms with Gasteiger partial charge in [-0.1, -0.05) is 41.4 Å². The zero-order chi connectivity index (χ0) is 14.0. The first-order valence-electron chi connectivity index (χ1n) is 5.14. The molecule has 0 unspecified atom stereocenters. The zero-order valence-corrected chi connectivity index (χ0v) is 12.5. The number of hydrogen-bond acceptors (Lipinski definition) is 2. The fraction of sp³-hybridized carbons (Fsp3) is 0. The number of nitrogens with zero attached hydrogens (tertiary/aromatic N) is 1. The summed E-state index contributed by atoms with van der Waals surface area (Å²) in [5.74, 6) is 0. The number of para-hydroxylation sites is 1. The molecule has 0 atom stereocenters. The number of anilines is 1. The molecule has 2 aromatic rings. The number of halogens is 3. The van der Waals surface area contributed by atoms with Gasteiger partial charge in [0.2, 0.25) is 0 Å². The van der Waals surface area contributed by atoms with E-state index in [0.29, 0.717) is 9.51 Å². The van der Waals surface area contributed by atoms with Crippen LogP contribution in [0.2, 0.25) is 10.0 Å². The monoisotopic (exact) mass is 335 g/mol. The predicted octanol–water partition coefficient (Wildman–Crippen LogP) is 4.34. The second-order valence-corrected chi connectivity index (χ2v) is 6.77. The van der Waals surface area contributed by atoms with E-state index in [1.807, 2.05) is 0 Å². The average molecular weight is 337 g/mol. The Hall–Kier alpha value is -0.940. The molecule has 0 bridgehead atoms. The maximum absolute atomic E-state index is 12.4. The van der Waals surface area contributed by atoms with Crippen LogP contribution < -0.4 is 3.82 Å². The minimum Gasteiger partial charge on any atom is -0.200 e. The van der Waals surface area contributed by atoms with E-state index in [1.54, 1.807) is 30.3 Å². The van der Waals surface area contributed by atoms with Gasteiger partial charge in [-0.2, -0.15) is 12.2 Å². The molecule has 19 heavy (non-hydrogen) atoms. The zero-order valence-electron chi connectivity index (χ0n) is 9.42. The fourth-order valence-corrected chi connectivity index (χ4v) is 3.59. The second-order valence-electron chi connectivity index (χ2n) is 3.63. The third kappa shape index (κ3) is 2.98. The van der Waals surface area contributed by atoms with Crippen molar-refractivity contribution in [3.05, 3.63) is 58.6 Å². The quantitative estimate of drug-likeness (QED) is 0.782. The molecule has 2 rings (SSSR count). The Kier molecular flexibility index (Phi) is 4.26. The number of sulfonamides is 1. The van der Waals surface area contributed by atoms with Gasteiger partial charge in [-0.15, -0.1) is 0 Å². The molecule has 0 aliphatic heterocycles. The number of benzene rings is 2. The van der Waals surface area contributed by atoms with Gasteiger partial charge in [0.15, 0.2) is 0 Å². The Bertz CT molecular complexity index is 689. The Morgan fingerprint density at radius 2 is 1.58 bits per heavy atom. The lowest BCUT2D eigenvalue weighted by atomic mass is 10.3. The number of rotatable bonds is 3. The van der Waals surface area contributed by atoms with Crippen LogP contribution in [0.5, 0.6) is 0 Å². The highest BCUT2D eigenvalue weighted by molar-refractivity contribution is 7.94.